The van der Waals surface area contributed by atoms with Crippen molar-refractivity contribution < 1.29 is 59.9 Å². The number of hydrogen-bond donors (Lipinski definition) is 8. The van der Waals surface area contributed by atoms with Gasteiger partial charge in [-0.3, -0.25) is 9.59 Å². The number of fused-ring (bicyclic) bond motifs is 2. The fourth-order valence-corrected chi connectivity index (χ4v) is 6.71. The van der Waals surface area contributed by atoms with Gasteiger partial charge in [0.25, 0.3) is 0 Å². The third-order valence-corrected chi connectivity index (χ3v) is 10.4. The number of aliphatic hydroxyl groups excluding tert-OH is 8. The Balaban J connectivity index is 2.19. The number of allylic oxidation sites excluding steroid dienone is 2. The van der Waals surface area contributed by atoms with Gasteiger partial charge >= 0.3 is 5.97 Å². The number of rotatable bonds is 12. The minimum Gasteiger partial charge on any atom is -0.459 e. The third-order valence-electron chi connectivity index (χ3n) is 9.98. The van der Waals surface area contributed by atoms with Gasteiger partial charge in [-0.2, -0.15) is 0 Å². The number of carbonyl (C=O) groups excluding carboxylic acids is 2. The summed E-state index contributed by atoms with van der Waals surface area (Å²) < 4.78 is 11.6. The van der Waals surface area contributed by atoms with E-state index in [0.29, 0.717) is 5.57 Å². The number of halogens is 1. The van der Waals surface area contributed by atoms with Crippen LogP contribution in [-0.4, -0.2) is 126 Å². The quantitative estimate of drug-likeness (QED) is 0.0813. The summed E-state index contributed by atoms with van der Waals surface area (Å²) in [6, 6.07) is 0. The highest BCUT2D eigenvalue weighted by atomic mass is 35.5. The van der Waals surface area contributed by atoms with Crippen LogP contribution in [0.25, 0.3) is 0 Å². The van der Waals surface area contributed by atoms with Crippen molar-refractivity contribution in [2.75, 3.05) is 6.61 Å². The molecule has 2 aliphatic heterocycles. The molecule has 0 radical (unpaired) electrons. The van der Waals surface area contributed by atoms with E-state index in [1.165, 1.54) is 13.0 Å². The zero-order valence-electron chi connectivity index (χ0n) is 28.5. The first kappa shape index (κ1) is 41.7. The lowest BCUT2D eigenvalue weighted by Gasteiger charge is -2.31. The highest BCUT2D eigenvalue weighted by Crippen LogP contribution is 2.33. The van der Waals surface area contributed by atoms with Crippen molar-refractivity contribution in [1.29, 1.82) is 0 Å². The first-order chi connectivity index (χ1) is 21.8. The van der Waals surface area contributed by atoms with E-state index in [4.69, 9.17) is 26.2 Å². The van der Waals surface area contributed by atoms with E-state index in [-0.39, 0.29) is 31.1 Å². The van der Waals surface area contributed by atoms with Gasteiger partial charge in [0.05, 0.1) is 48.4 Å². The van der Waals surface area contributed by atoms with Crippen LogP contribution in [0.4, 0.5) is 0 Å². The van der Waals surface area contributed by atoms with Crippen LogP contribution in [0.5, 0.6) is 0 Å². The Kier molecular flexibility index (Phi) is 16.4. The zero-order valence-corrected chi connectivity index (χ0v) is 29.2. The van der Waals surface area contributed by atoms with E-state index in [1.54, 1.807) is 53.7 Å². The summed E-state index contributed by atoms with van der Waals surface area (Å²) in [4.78, 5) is 25.9. The first-order valence-corrected chi connectivity index (χ1v) is 17.0. The smallest absolute Gasteiger partial charge is 0.312 e. The molecule has 2 heterocycles. The minimum atomic E-state index is -1.62. The molecule has 47 heavy (non-hydrogen) atoms. The Bertz CT molecular complexity index is 1070. The van der Waals surface area contributed by atoms with Crippen LogP contribution < -0.4 is 0 Å². The van der Waals surface area contributed by atoms with Crippen molar-refractivity contribution in [3.63, 3.8) is 0 Å². The standard InChI is InChI=1S/C34H57ClO12/c1-15(10-17(3)28(40)20(6)29(41)18(4)12-22(35)25(39)14-36)11-24(38)33-27-13-26(46-33)32(44)23(37)9-8-16(2)19(5)30(42)31(43)21(7)34(45)47-27/h8-10,15-16,18-29,31-33,36-41,43-44H,11-14H2,1-7H3/b9-8?,17-10+/t15-,16+,18+,19?,20+,21-,22-,23-,24-,25-,26-,27+,28-,29-,31-,32-,33-/m0/s1. The molecule has 1 saturated heterocycles. The van der Waals surface area contributed by atoms with E-state index in [0.717, 1.165) is 0 Å². The van der Waals surface area contributed by atoms with E-state index in [9.17, 15) is 45.3 Å². The summed E-state index contributed by atoms with van der Waals surface area (Å²) in [5.41, 5.74) is 0.543. The lowest BCUT2D eigenvalue weighted by molar-refractivity contribution is -0.167. The summed E-state index contributed by atoms with van der Waals surface area (Å²) in [6.45, 7) is 11.1. The number of ether oxygens (including phenoxy) is 2. The molecule has 2 rings (SSSR count). The summed E-state index contributed by atoms with van der Waals surface area (Å²) in [7, 11) is 0. The molecule has 0 amide bonds. The number of aliphatic hydroxyl groups is 8. The SMILES string of the molecule is C/C(=C\[C@H](C)C[C@H](O)[C@@H]1O[C@H]2C[C@H]1OC(=O)[C@@H](C)[C@H](O)C(=O)C(C)[C@H](C)C=C[C@H](O)[C@@H]2O)[C@H](O)[C@@H](C)[C@@H](O)[C@H](C)C[C@H](Cl)[C@@H](O)CO. The fourth-order valence-electron chi connectivity index (χ4n) is 6.35. The monoisotopic (exact) mass is 692 g/mol. The highest BCUT2D eigenvalue weighted by molar-refractivity contribution is 6.21. The van der Waals surface area contributed by atoms with Crippen LogP contribution in [0.1, 0.15) is 67.7 Å². The van der Waals surface area contributed by atoms with Gasteiger partial charge in [0.15, 0.2) is 5.78 Å². The molecular formula is C34H57ClO12. The average Bonchev–Trinajstić information content (AvgIpc) is 3.46. The summed E-state index contributed by atoms with van der Waals surface area (Å²) in [6.07, 6.45) is -6.96. The molecule has 12 nitrogen and oxygen atoms in total. The Morgan fingerprint density at radius 3 is 2.19 bits per heavy atom. The molecule has 2 aliphatic rings. The van der Waals surface area contributed by atoms with Crippen molar-refractivity contribution in [3.8, 4) is 0 Å². The average molecular weight is 693 g/mol. The molecule has 0 saturated carbocycles. The molecule has 17 atom stereocenters. The van der Waals surface area contributed by atoms with Crippen LogP contribution in [-0.2, 0) is 19.1 Å². The Morgan fingerprint density at radius 2 is 1.60 bits per heavy atom. The van der Waals surface area contributed by atoms with Gasteiger partial charge in [-0.25, -0.2) is 0 Å². The van der Waals surface area contributed by atoms with Crippen LogP contribution >= 0.6 is 11.6 Å². The fraction of sp³-hybridized carbons (Fsp3) is 0.824. The second-order valence-electron chi connectivity index (χ2n) is 14.0. The molecular weight excluding hydrogens is 636 g/mol. The molecule has 2 bridgehead atoms. The molecule has 0 spiro atoms. The molecule has 0 aliphatic carbocycles. The number of carbonyl (C=O) groups is 2. The zero-order chi connectivity index (χ0) is 35.9. The van der Waals surface area contributed by atoms with Crippen LogP contribution in [0.3, 0.4) is 0 Å². The molecule has 1 unspecified atom stereocenters. The van der Waals surface area contributed by atoms with Gasteiger partial charge < -0.3 is 50.3 Å². The maximum atomic E-state index is 13.1. The van der Waals surface area contributed by atoms with E-state index >= 15 is 0 Å². The van der Waals surface area contributed by atoms with Crippen LogP contribution in [0.2, 0.25) is 0 Å². The largest absolute Gasteiger partial charge is 0.459 e. The predicted octanol–water partition coefficient (Wildman–Crippen LogP) is 0.864. The minimum absolute atomic E-state index is 0.0453. The second-order valence-corrected chi connectivity index (χ2v) is 14.5. The predicted molar refractivity (Wildman–Crippen MR) is 174 cm³/mol. The van der Waals surface area contributed by atoms with Gasteiger partial charge in [-0.1, -0.05) is 52.8 Å². The van der Waals surface area contributed by atoms with Crippen molar-refractivity contribution in [1.82, 2.24) is 0 Å². The van der Waals surface area contributed by atoms with E-state index in [2.05, 4.69) is 0 Å². The van der Waals surface area contributed by atoms with Crippen molar-refractivity contribution in [3.05, 3.63) is 23.8 Å². The lowest BCUT2D eigenvalue weighted by Crippen LogP contribution is -2.42. The lowest BCUT2D eigenvalue weighted by atomic mass is 9.83. The second kappa shape index (κ2) is 18.5. The maximum Gasteiger partial charge on any atom is 0.312 e. The third kappa shape index (κ3) is 11.0. The van der Waals surface area contributed by atoms with Gasteiger partial charge in [0.2, 0.25) is 0 Å². The normalized spacial score (nSPS) is 36.4. The molecule has 0 aromatic heterocycles. The van der Waals surface area contributed by atoms with E-state index in [1.807, 2.05) is 0 Å². The van der Waals surface area contributed by atoms with Gasteiger partial charge in [0, 0.05) is 18.3 Å². The van der Waals surface area contributed by atoms with E-state index < -0.39 is 108 Å². The number of hydrogen-bond acceptors (Lipinski definition) is 12. The Hall–Kier alpha value is -1.45. The number of esters is 1. The summed E-state index contributed by atoms with van der Waals surface area (Å²) in [5, 5.41) is 83.4. The Morgan fingerprint density at radius 1 is 0.979 bits per heavy atom. The molecule has 0 aromatic rings. The van der Waals surface area contributed by atoms with Crippen molar-refractivity contribution in [2.24, 2.45) is 35.5 Å². The molecule has 13 heteroatoms. The molecule has 0 aromatic carbocycles. The summed E-state index contributed by atoms with van der Waals surface area (Å²) >= 11 is 6.13. The van der Waals surface area contributed by atoms with Crippen molar-refractivity contribution >= 4 is 23.4 Å². The number of Topliss-reactive ketones (excluding diaryl/α,β-unsaturated/α-hetero) is 1. The Labute approximate surface area is 283 Å². The van der Waals surface area contributed by atoms with Gasteiger partial charge in [-0.05, 0) is 50.0 Å². The maximum absolute atomic E-state index is 13.1. The molecule has 8 N–H and O–H groups in total. The van der Waals surface area contributed by atoms with Crippen LogP contribution in [0.15, 0.2) is 23.8 Å². The number of alkyl halides is 1. The molecule has 1 fully saturated rings. The van der Waals surface area contributed by atoms with Gasteiger partial charge in [0.1, 0.15) is 30.5 Å². The first-order valence-electron chi connectivity index (χ1n) is 16.6. The summed E-state index contributed by atoms with van der Waals surface area (Å²) in [5.74, 6) is -5.04. The number of ketones is 1. The highest BCUT2D eigenvalue weighted by Gasteiger charge is 2.47. The van der Waals surface area contributed by atoms with Crippen LogP contribution in [0, 0.1) is 35.5 Å². The van der Waals surface area contributed by atoms with Gasteiger partial charge in [-0.15, -0.1) is 11.6 Å². The van der Waals surface area contributed by atoms with Crippen molar-refractivity contribution in [2.45, 2.75) is 134 Å². The topological polar surface area (TPSA) is 214 Å². The molecule has 272 valence electrons.